The van der Waals surface area contributed by atoms with Gasteiger partial charge in [0, 0.05) is 6.42 Å². The minimum absolute atomic E-state index is 0.274. The Balaban J connectivity index is 0. The first kappa shape index (κ1) is 31.3. The maximum absolute atomic E-state index is 11.5. The molecule has 0 spiro atoms. The van der Waals surface area contributed by atoms with Crippen LogP contribution in [0, 0.1) is 0 Å². The van der Waals surface area contributed by atoms with E-state index in [1.165, 1.54) is 51.4 Å². The molecule has 0 radical (unpaired) electrons. The van der Waals surface area contributed by atoms with Crippen LogP contribution < -0.4 is 0 Å². The second kappa shape index (κ2) is 21.4. The number of aliphatic hydroxyl groups excluding tert-OH is 3. The second-order valence-corrected chi connectivity index (χ2v) is 8.34. The van der Waals surface area contributed by atoms with Crippen molar-refractivity contribution in [2.75, 3.05) is 6.61 Å². The van der Waals surface area contributed by atoms with E-state index in [0.29, 0.717) is 0 Å². The third-order valence-corrected chi connectivity index (χ3v) is 4.57. The summed E-state index contributed by atoms with van der Waals surface area (Å²) in [5, 5.41) is 27.3. The summed E-state index contributed by atoms with van der Waals surface area (Å²) in [6.45, 7) is 1.66. The van der Waals surface area contributed by atoms with Crippen molar-refractivity contribution in [2.24, 2.45) is 0 Å². The van der Waals surface area contributed by atoms with Crippen LogP contribution in [0.1, 0.15) is 96.8 Å². The van der Waals surface area contributed by atoms with E-state index in [-0.39, 0.29) is 12.2 Å². The van der Waals surface area contributed by atoms with Crippen LogP contribution in [0.15, 0.2) is 12.2 Å². The third kappa shape index (κ3) is 27.2. The van der Waals surface area contributed by atoms with Gasteiger partial charge in [0.2, 0.25) is 0 Å². The van der Waals surface area contributed by atoms with Crippen LogP contribution in [0.2, 0.25) is 0 Å². The van der Waals surface area contributed by atoms with Gasteiger partial charge in [-0.1, -0.05) is 70.4 Å². The van der Waals surface area contributed by atoms with E-state index < -0.39 is 29.2 Å². The molecule has 180 valence electrons. The van der Waals surface area contributed by atoms with Gasteiger partial charge >= 0.3 is 10.4 Å². The first-order valence-electron chi connectivity index (χ1n) is 11.0. The number of Topliss-reactive ketones (excluding diaryl/α,β-unsaturated/α-hetero) is 1. The highest BCUT2D eigenvalue weighted by molar-refractivity contribution is 7.79. The molecule has 0 rings (SSSR count). The number of ketones is 1. The van der Waals surface area contributed by atoms with Gasteiger partial charge in [0.05, 0.1) is 6.61 Å². The van der Waals surface area contributed by atoms with E-state index in [2.05, 4.69) is 19.1 Å². The zero-order valence-corrected chi connectivity index (χ0v) is 19.1. The molecule has 8 nitrogen and oxygen atoms in total. The molecule has 0 aromatic carbocycles. The smallest absolute Gasteiger partial charge is 0.394 e. The first-order valence-corrected chi connectivity index (χ1v) is 12.4. The number of aliphatic hydroxyl groups is 3. The number of rotatable bonds is 18. The monoisotopic (exact) mass is 454 g/mol. The molecular formula is C21H42O8S. The van der Waals surface area contributed by atoms with Gasteiger partial charge in [-0.15, -0.1) is 0 Å². The topological polar surface area (TPSA) is 152 Å². The Hall–Kier alpha value is -0.840. The fraction of sp³-hybridized carbons (Fsp3) is 0.857. The normalized spacial score (nSPS) is 13.7. The van der Waals surface area contributed by atoms with Gasteiger partial charge in [-0.3, -0.25) is 13.9 Å². The average molecular weight is 455 g/mol. The number of unbranched alkanes of at least 4 members (excludes halogenated alkanes) is 11. The van der Waals surface area contributed by atoms with Gasteiger partial charge < -0.3 is 15.3 Å². The van der Waals surface area contributed by atoms with Crippen molar-refractivity contribution in [3.63, 3.8) is 0 Å². The van der Waals surface area contributed by atoms with Crippen molar-refractivity contribution in [3.8, 4) is 0 Å². The van der Waals surface area contributed by atoms with E-state index in [1.807, 2.05) is 0 Å². The Morgan fingerprint density at radius 1 is 0.800 bits per heavy atom. The summed E-state index contributed by atoms with van der Waals surface area (Å²) in [5.74, 6) is -0.376. The molecule has 30 heavy (non-hydrogen) atoms. The minimum Gasteiger partial charge on any atom is -0.394 e. The molecule has 0 aliphatic heterocycles. The van der Waals surface area contributed by atoms with E-state index in [0.717, 1.165) is 32.1 Å². The predicted octanol–water partition coefficient (Wildman–Crippen LogP) is 3.65. The number of carbonyl (C=O) groups excluding carboxylic acids is 1. The number of hydrogen-bond acceptors (Lipinski definition) is 6. The molecule has 2 atom stereocenters. The zero-order valence-electron chi connectivity index (χ0n) is 18.3. The molecule has 0 saturated carbocycles. The summed E-state index contributed by atoms with van der Waals surface area (Å²) in [6.07, 6.45) is 17.7. The average Bonchev–Trinajstić information content (AvgIpc) is 2.68. The van der Waals surface area contributed by atoms with Crippen LogP contribution >= 0.6 is 0 Å². The molecule has 5 N–H and O–H groups in total. The number of carbonyl (C=O) groups is 1. The summed E-state index contributed by atoms with van der Waals surface area (Å²) in [7, 11) is -4.67. The van der Waals surface area contributed by atoms with Crippen LogP contribution in [0.4, 0.5) is 0 Å². The van der Waals surface area contributed by atoms with Crippen molar-refractivity contribution >= 4 is 16.2 Å². The van der Waals surface area contributed by atoms with Crippen molar-refractivity contribution < 1.29 is 37.6 Å². The molecule has 0 aliphatic rings. The summed E-state index contributed by atoms with van der Waals surface area (Å²) in [4.78, 5) is 11.5. The lowest BCUT2D eigenvalue weighted by molar-refractivity contribution is -0.134. The second-order valence-electron chi connectivity index (χ2n) is 7.44. The van der Waals surface area contributed by atoms with Crippen LogP contribution in [0.3, 0.4) is 0 Å². The van der Waals surface area contributed by atoms with E-state index in [1.54, 1.807) is 0 Å². The maximum atomic E-state index is 11.5. The summed E-state index contributed by atoms with van der Waals surface area (Å²) >= 11 is 0. The Morgan fingerprint density at radius 3 is 1.63 bits per heavy atom. The van der Waals surface area contributed by atoms with E-state index >= 15 is 0 Å². The van der Waals surface area contributed by atoms with Crippen molar-refractivity contribution in [3.05, 3.63) is 12.2 Å². The quantitative estimate of drug-likeness (QED) is 0.119. The molecule has 2 unspecified atom stereocenters. The van der Waals surface area contributed by atoms with Gasteiger partial charge in [0.25, 0.3) is 0 Å². The number of allylic oxidation sites excluding steroid dienone is 2. The molecule has 0 bridgehead atoms. The fourth-order valence-electron chi connectivity index (χ4n) is 2.83. The molecular weight excluding hydrogens is 412 g/mol. The lowest BCUT2D eigenvalue weighted by atomic mass is 10.0. The van der Waals surface area contributed by atoms with Crippen molar-refractivity contribution in [1.82, 2.24) is 0 Å². The lowest BCUT2D eigenvalue weighted by Gasteiger charge is -2.13. The molecule has 9 heteroatoms. The van der Waals surface area contributed by atoms with Gasteiger partial charge in [-0.25, -0.2) is 0 Å². The molecule has 0 aromatic heterocycles. The van der Waals surface area contributed by atoms with Crippen molar-refractivity contribution in [2.45, 2.75) is 109 Å². The first-order chi connectivity index (χ1) is 14.1. The third-order valence-electron chi connectivity index (χ3n) is 4.57. The molecule has 0 aliphatic carbocycles. The number of hydrogen-bond donors (Lipinski definition) is 5. The summed E-state index contributed by atoms with van der Waals surface area (Å²) in [5.41, 5.74) is 0. The molecule has 0 amide bonds. The summed E-state index contributed by atoms with van der Waals surface area (Å²) < 4.78 is 31.6. The highest BCUT2D eigenvalue weighted by atomic mass is 32.3. The molecule has 0 saturated heterocycles. The van der Waals surface area contributed by atoms with Crippen LogP contribution in [-0.4, -0.2) is 57.4 Å². The van der Waals surface area contributed by atoms with E-state index in [4.69, 9.17) is 22.6 Å². The lowest BCUT2D eigenvalue weighted by Crippen LogP contribution is -2.36. The molecule has 0 fully saturated rings. The highest BCUT2D eigenvalue weighted by Crippen LogP contribution is 2.11. The zero-order chi connectivity index (χ0) is 23.3. The minimum atomic E-state index is -4.67. The fourth-order valence-corrected chi connectivity index (χ4v) is 2.83. The predicted molar refractivity (Wildman–Crippen MR) is 118 cm³/mol. The van der Waals surface area contributed by atoms with Crippen LogP contribution in [-0.2, 0) is 15.2 Å². The Kier molecular flexibility index (Phi) is 22.4. The van der Waals surface area contributed by atoms with Gasteiger partial charge in [0.1, 0.15) is 12.2 Å². The SMILES string of the molecule is CCCCCCCC/C=C\CCCCCCCC(=O)C(O)C(O)CO.O=S(=O)(O)O. The van der Waals surface area contributed by atoms with Gasteiger partial charge in [0.15, 0.2) is 5.78 Å². The van der Waals surface area contributed by atoms with Gasteiger partial charge in [-0.05, 0) is 32.1 Å². The van der Waals surface area contributed by atoms with Crippen molar-refractivity contribution in [1.29, 1.82) is 0 Å². The van der Waals surface area contributed by atoms with Crippen LogP contribution in [0.5, 0.6) is 0 Å². The summed E-state index contributed by atoms with van der Waals surface area (Å²) in [6, 6.07) is 0. The van der Waals surface area contributed by atoms with Crippen LogP contribution in [0.25, 0.3) is 0 Å². The Bertz CT molecular complexity index is 511. The standard InChI is InChI=1S/C21H40O4.H2O4S/c1-2-3-4-5-6-7-8-9-10-11-12-13-14-15-16-17-19(23)21(25)20(24)18-22;1-5(2,3)4/h9-10,20-22,24-25H,2-8,11-18H2,1H3;(H2,1,2,3,4)/b10-9-;. The Morgan fingerprint density at radius 2 is 1.20 bits per heavy atom. The Labute approximate surface area is 182 Å². The highest BCUT2D eigenvalue weighted by Gasteiger charge is 2.22. The van der Waals surface area contributed by atoms with E-state index in [9.17, 15) is 15.0 Å². The molecule has 0 heterocycles. The largest absolute Gasteiger partial charge is 0.394 e. The van der Waals surface area contributed by atoms with Gasteiger partial charge in [-0.2, -0.15) is 8.42 Å². The maximum Gasteiger partial charge on any atom is 0.394 e. The molecule has 0 aromatic rings.